The molecule has 2 unspecified atom stereocenters. The maximum atomic E-state index is 12.9. The van der Waals surface area contributed by atoms with Crippen LogP contribution in [0.1, 0.15) is 25.8 Å². The highest BCUT2D eigenvalue weighted by Gasteiger charge is 2.15. The summed E-state index contributed by atoms with van der Waals surface area (Å²) in [7, 11) is 0. The first-order chi connectivity index (χ1) is 7.04. The highest BCUT2D eigenvalue weighted by molar-refractivity contribution is 9.10. The highest BCUT2D eigenvalue weighted by Crippen LogP contribution is 2.25. The number of hydrogen-bond acceptors (Lipinski definition) is 0. The first-order valence-corrected chi connectivity index (χ1v) is 6.35. The Labute approximate surface area is 104 Å². The second-order valence-corrected chi connectivity index (χ2v) is 5.33. The average Bonchev–Trinajstić information content (AvgIpc) is 2.16. The summed E-state index contributed by atoms with van der Waals surface area (Å²) in [6.07, 6.45) is 1.93. The number of hydrogen-bond donors (Lipinski definition) is 0. The standard InChI is InChI=1S/C12H15BrClF/c1-3-9(8(2)14)6-10-4-5-11(15)7-12(10)13/h4-5,7-9H,3,6H2,1-2H3. The molecule has 2 atom stereocenters. The largest absolute Gasteiger partial charge is 0.207 e. The molecule has 0 bridgehead atoms. The summed E-state index contributed by atoms with van der Waals surface area (Å²) in [5, 5.41) is 0.145. The molecule has 0 amide bonds. The molecule has 3 heteroatoms. The third-order valence-electron chi connectivity index (χ3n) is 2.67. The van der Waals surface area contributed by atoms with Crippen molar-refractivity contribution in [3.8, 4) is 0 Å². The van der Waals surface area contributed by atoms with Crippen molar-refractivity contribution in [1.29, 1.82) is 0 Å². The molecule has 0 aliphatic rings. The minimum Gasteiger partial charge on any atom is -0.207 e. The van der Waals surface area contributed by atoms with Crippen molar-refractivity contribution in [3.05, 3.63) is 34.1 Å². The van der Waals surface area contributed by atoms with Gasteiger partial charge in [0.05, 0.1) is 0 Å². The number of halogens is 3. The molecule has 0 radical (unpaired) electrons. The van der Waals surface area contributed by atoms with E-state index in [0.29, 0.717) is 5.92 Å². The summed E-state index contributed by atoms with van der Waals surface area (Å²) in [6.45, 7) is 4.13. The molecule has 15 heavy (non-hydrogen) atoms. The van der Waals surface area contributed by atoms with Gasteiger partial charge in [0.15, 0.2) is 0 Å². The van der Waals surface area contributed by atoms with E-state index in [0.717, 1.165) is 22.9 Å². The topological polar surface area (TPSA) is 0 Å². The summed E-state index contributed by atoms with van der Waals surface area (Å²) < 4.78 is 13.7. The predicted octanol–water partition coefficient (Wildman–Crippen LogP) is 4.78. The maximum Gasteiger partial charge on any atom is 0.124 e. The molecular weight excluding hydrogens is 278 g/mol. The van der Waals surface area contributed by atoms with Crippen molar-refractivity contribution < 1.29 is 4.39 Å². The molecule has 0 heterocycles. The molecule has 0 aliphatic carbocycles. The van der Waals surface area contributed by atoms with E-state index in [1.54, 1.807) is 0 Å². The van der Waals surface area contributed by atoms with Gasteiger partial charge in [0.25, 0.3) is 0 Å². The molecule has 0 saturated carbocycles. The highest BCUT2D eigenvalue weighted by atomic mass is 79.9. The Kier molecular flexibility index (Phi) is 5.07. The molecule has 0 N–H and O–H groups in total. The van der Waals surface area contributed by atoms with E-state index < -0.39 is 0 Å². The van der Waals surface area contributed by atoms with Crippen LogP contribution < -0.4 is 0 Å². The van der Waals surface area contributed by atoms with Gasteiger partial charge in [-0.3, -0.25) is 0 Å². The summed E-state index contributed by atoms with van der Waals surface area (Å²) in [6, 6.07) is 4.81. The van der Waals surface area contributed by atoms with Crippen molar-refractivity contribution in [1.82, 2.24) is 0 Å². The molecule has 0 nitrogen and oxygen atoms in total. The van der Waals surface area contributed by atoms with E-state index in [9.17, 15) is 4.39 Å². The summed E-state index contributed by atoms with van der Waals surface area (Å²) >= 11 is 9.46. The Bertz CT molecular complexity index is 325. The van der Waals surface area contributed by atoms with Crippen molar-refractivity contribution >= 4 is 27.5 Å². The van der Waals surface area contributed by atoms with Crippen LogP contribution in [0.15, 0.2) is 22.7 Å². The van der Waals surface area contributed by atoms with Crippen LogP contribution in [-0.2, 0) is 6.42 Å². The second kappa shape index (κ2) is 5.86. The van der Waals surface area contributed by atoms with E-state index in [1.807, 2.05) is 13.0 Å². The molecule has 0 aromatic heterocycles. The molecule has 84 valence electrons. The summed E-state index contributed by atoms with van der Waals surface area (Å²) in [5.74, 6) is 0.228. The monoisotopic (exact) mass is 292 g/mol. The zero-order chi connectivity index (χ0) is 11.4. The summed E-state index contributed by atoms with van der Waals surface area (Å²) in [4.78, 5) is 0. The van der Waals surface area contributed by atoms with Gasteiger partial charge in [0.1, 0.15) is 5.82 Å². The van der Waals surface area contributed by atoms with Crippen molar-refractivity contribution in [2.75, 3.05) is 0 Å². The SMILES string of the molecule is CCC(Cc1ccc(F)cc1Br)C(C)Cl. The lowest BCUT2D eigenvalue weighted by atomic mass is 9.94. The maximum absolute atomic E-state index is 12.9. The molecule has 1 aromatic rings. The first kappa shape index (κ1) is 13.0. The van der Waals surface area contributed by atoms with Gasteiger partial charge in [-0.05, 0) is 37.0 Å². The van der Waals surface area contributed by atoms with Gasteiger partial charge in [-0.2, -0.15) is 0 Å². The molecule has 0 fully saturated rings. The lowest BCUT2D eigenvalue weighted by Crippen LogP contribution is -2.13. The molecule has 0 spiro atoms. The van der Waals surface area contributed by atoms with Crippen LogP contribution in [0.25, 0.3) is 0 Å². The van der Waals surface area contributed by atoms with E-state index in [-0.39, 0.29) is 11.2 Å². The fourth-order valence-corrected chi connectivity index (χ4v) is 2.38. The Hall–Kier alpha value is -0.0800. The zero-order valence-corrected chi connectivity index (χ0v) is 11.3. The van der Waals surface area contributed by atoms with Gasteiger partial charge in [-0.1, -0.05) is 35.3 Å². The van der Waals surface area contributed by atoms with Crippen LogP contribution in [0.4, 0.5) is 4.39 Å². The smallest absolute Gasteiger partial charge is 0.124 e. The van der Waals surface area contributed by atoms with Gasteiger partial charge in [0, 0.05) is 9.85 Å². The van der Waals surface area contributed by atoms with Gasteiger partial charge < -0.3 is 0 Å². The Morgan fingerprint density at radius 1 is 1.47 bits per heavy atom. The number of alkyl halides is 1. The number of rotatable bonds is 4. The lowest BCUT2D eigenvalue weighted by Gasteiger charge is -2.18. The minimum atomic E-state index is -0.211. The Morgan fingerprint density at radius 3 is 2.60 bits per heavy atom. The molecule has 0 saturated heterocycles. The van der Waals surface area contributed by atoms with Crippen molar-refractivity contribution in [2.45, 2.75) is 32.1 Å². The van der Waals surface area contributed by atoms with Crippen LogP contribution in [-0.4, -0.2) is 5.38 Å². The van der Waals surface area contributed by atoms with Gasteiger partial charge in [-0.25, -0.2) is 4.39 Å². The van der Waals surface area contributed by atoms with Crippen LogP contribution in [0.3, 0.4) is 0 Å². The fourth-order valence-electron chi connectivity index (χ4n) is 1.60. The van der Waals surface area contributed by atoms with Crippen LogP contribution in [0.2, 0.25) is 0 Å². The molecule has 1 rings (SSSR count). The first-order valence-electron chi connectivity index (χ1n) is 5.12. The number of benzene rings is 1. The van der Waals surface area contributed by atoms with Crippen LogP contribution in [0, 0.1) is 11.7 Å². The Balaban J connectivity index is 2.79. The molecular formula is C12H15BrClF. The van der Waals surface area contributed by atoms with Crippen molar-refractivity contribution in [2.24, 2.45) is 5.92 Å². The summed E-state index contributed by atoms with van der Waals surface area (Å²) in [5.41, 5.74) is 1.12. The molecule has 0 aliphatic heterocycles. The zero-order valence-electron chi connectivity index (χ0n) is 8.93. The van der Waals surface area contributed by atoms with Crippen molar-refractivity contribution in [3.63, 3.8) is 0 Å². The van der Waals surface area contributed by atoms with E-state index in [2.05, 4.69) is 22.9 Å². The molecule has 1 aromatic carbocycles. The quantitative estimate of drug-likeness (QED) is 0.701. The third kappa shape index (κ3) is 3.76. The van der Waals surface area contributed by atoms with Crippen LogP contribution in [0.5, 0.6) is 0 Å². The van der Waals surface area contributed by atoms with Gasteiger partial charge in [-0.15, -0.1) is 11.6 Å². The van der Waals surface area contributed by atoms with Gasteiger partial charge in [0.2, 0.25) is 0 Å². The second-order valence-electron chi connectivity index (χ2n) is 3.79. The fraction of sp³-hybridized carbons (Fsp3) is 0.500. The Morgan fingerprint density at radius 2 is 2.13 bits per heavy atom. The average molecular weight is 294 g/mol. The minimum absolute atomic E-state index is 0.145. The van der Waals surface area contributed by atoms with Crippen LogP contribution >= 0.6 is 27.5 Å². The normalized spacial score (nSPS) is 15.0. The van der Waals surface area contributed by atoms with E-state index >= 15 is 0 Å². The predicted molar refractivity (Wildman–Crippen MR) is 66.9 cm³/mol. The lowest BCUT2D eigenvalue weighted by molar-refractivity contribution is 0.496. The third-order valence-corrected chi connectivity index (χ3v) is 3.77. The van der Waals surface area contributed by atoms with Gasteiger partial charge >= 0.3 is 0 Å². The van der Waals surface area contributed by atoms with E-state index in [1.165, 1.54) is 12.1 Å². The van der Waals surface area contributed by atoms with E-state index in [4.69, 9.17) is 11.6 Å².